The van der Waals surface area contributed by atoms with E-state index in [0.29, 0.717) is 11.8 Å². The van der Waals surface area contributed by atoms with Crippen molar-refractivity contribution in [3.8, 4) is 0 Å². The lowest BCUT2D eigenvalue weighted by Gasteiger charge is -2.27. The van der Waals surface area contributed by atoms with E-state index < -0.39 is 5.60 Å². The molecule has 1 saturated heterocycles. The van der Waals surface area contributed by atoms with E-state index in [1.165, 1.54) is 6.42 Å². The van der Waals surface area contributed by atoms with Gasteiger partial charge in [0.2, 0.25) is 5.91 Å². The average molecular weight is 253 g/mol. The first-order valence-electron chi connectivity index (χ1n) is 7.41. The zero-order valence-electron chi connectivity index (χ0n) is 11.9. The molecule has 1 heterocycles. The first-order chi connectivity index (χ1) is 8.40. The van der Waals surface area contributed by atoms with Gasteiger partial charge in [-0.1, -0.05) is 26.7 Å². The Labute approximate surface area is 111 Å². The smallest absolute Gasteiger partial charge is 0.225 e. The molecule has 2 aliphatic rings. The van der Waals surface area contributed by atoms with Crippen LogP contribution in [0.25, 0.3) is 0 Å². The fourth-order valence-corrected chi connectivity index (χ4v) is 3.28. The highest BCUT2D eigenvalue weighted by molar-refractivity contribution is 5.77. The molecule has 2 rings (SSSR count). The molecule has 1 aliphatic heterocycles. The predicted octanol–water partition coefficient (Wildman–Crippen LogP) is 2.72. The van der Waals surface area contributed by atoms with Crippen LogP contribution in [0.3, 0.4) is 0 Å². The topological polar surface area (TPSA) is 40.5 Å². The molecule has 0 aromatic rings. The number of nitrogens with zero attached hydrogens (tertiary/aromatic N) is 1. The Balaban J connectivity index is 1.89. The average Bonchev–Trinajstić information content (AvgIpc) is 2.60. The fraction of sp³-hybridized carbons (Fsp3) is 0.933. The molecule has 0 unspecified atom stereocenters. The van der Waals surface area contributed by atoms with Crippen LogP contribution in [-0.2, 0) is 4.79 Å². The van der Waals surface area contributed by atoms with Crippen LogP contribution in [-0.4, -0.2) is 34.6 Å². The van der Waals surface area contributed by atoms with Crippen molar-refractivity contribution in [1.82, 2.24) is 4.90 Å². The molecule has 1 saturated carbocycles. The summed E-state index contributed by atoms with van der Waals surface area (Å²) >= 11 is 0. The van der Waals surface area contributed by atoms with Gasteiger partial charge >= 0.3 is 0 Å². The second-order valence-electron chi connectivity index (χ2n) is 7.01. The number of aliphatic hydroxyl groups is 1. The molecule has 3 heteroatoms. The molecule has 0 bridgehead atoms. The molecule has 0 atom stereocenters. The van der Waals surface area contributed by atoms with E-state index in [4.69, 9.17) is 0 Å². The van der Waals surface area contributed by atoms with Gasteiger partial charge < -0.3 is 10.0 Å². The second-order valence-corrected chi connectivity index (χ2v) is 7.01. The minimum atomic E-state index is -0.696. The van der Waals surface area contributed by atoms with Crippen LogP contribution < -0.4 is 0 Å². The van der Waals surface area contributed by atoms with Gasteiger partial charge in [-0.2, -0.15) is 0 Å². The summed E-state index contributed by atoms with van der Waals surface area (Å²) in [5.41, 5.74) is -0.335. The first kappa shape index (κ1) is 13.9. The van der Waals surface area contributed by atoms with Gasteiger partial charge in [-0.3, -0.25) is 4.79 Å². The summed E-state index contributed by atoms with van der Waals surface area (Å²) in [6, 6.07) is 0. The normalized spacial score (nSPS) is 26.9. The SMILES string of the molecule is CC1(C)CCCN(C(=O)CC2(O)CCCC2)CC1. The lowest BCUT2D eigenvalue weighted by atomic mass is 9.85. The van der Waals surface area contributed by atoms with Gasteiger partial charge in [0.25, 0.3) is 0 Å². The van der Waals surface area contributed by atoms with Crippen LogP contribution in [0.1, 0.15) is 65.2 Å². The summed E-state index contributed by atoms with van der Waals surface area (Å²) in [7, 11) is 0. The summed E-state index contributed by atoms with van der Waals surface area (Å²) in [4.78, 5) is 14.3. The third-order valence-electron chi connectivity index (χ3n) is 4.71. The van der Waals surface area contributed by atoms with Crippen molar-refractivity contribution in [2.75, 3.05) is 13.1 Å². The molecular formula is C15H27NO2. The zero-order chi connectivity index (χ0) is 13.2. The van der Waals surface area contributed by atoms with Crippen molar-refractivity contribution < 1.29 is 9.90 Å². The van der Waals surface area contributed by atoms with Gasteiger partial charge in [0.15, 0.2) is 0 Å². The van der Waals surface area contributed by atoms with Crippen LogP contribution in [0.4, 0.5) is 0 Å². The fourth-order valence-electron chi connectivity index (χ4n) is 3.28. The number of rotatable bonds is 2. The Hall–Kier alpha value is -0.570. The highest BCUT2D eigenvalue weighted by atomic mass is 16.3. The first-order valence-corrected chi connectivity index (χ1v) is 7.41. The van der Waals surface area contributed by atoms with Crippen LogP contribution in [0.5, 0.6) is 0 Å². The Morgan fingerprint density at radius 1 is 1.06 bits per heavy atom. The van der Waals surface area contributed by atoms with E-state index in [1.54, 1.807) is 0 Å². The third kappa shape index (κ3) is 3.47. The molecular weight excluding hydrogens is 226 g/mol. The van der Waals surface area contributed by atoms with Gasteiger partial charge in [-0.05, 0) is 37.5 Å². The van der Waals surface area contributed by atoms with E-state index in [2.05, 4.69) is 13.8 Å². The maximum Gasteiger partial charge on any atom is 0.225 e. The lowest BCUT2D eigenvalue weighted by Crippen LogP contribution is -2.38. The van der Waals surface area contributed by atoms with Gasteiger partial charge in [0.1, 0.15) is 0 Å². The number of hydrogen-bond donors (Lipinski definition) is 1. The van der Waals surface area contributed by atoms with Gasteiger partial charge in [0.05, 0.1) is 12.0 Å². The number of carbonyl (C=O) groups is 1. The summed E-state index contributed by atoms with van der Waals surface area (Å²) in [5.74, 6) is 0.164. The number of amides is 1. The molecule has 0 aromatic carbocycles. The summed E-state index contributed by atoms with van der Waals surface area (Å²) in [6.07, 6.45) is 7.45. The predicted molar refractivity (Wildman–Crippen MR) is 72.2 cm³/mol. The summed E-state index contributed by atoms with van der Waals surface area (Å²) in [6.45, 7) is 6.30. The standard InChI is InChI=1S/C15H27NO2/c1-14(2)6-5-10-16(11-9-14)13(17)12-15(18)7-3-4-8-15/h18H,3-12H2,1-2H3. The Kier molecular flexibility index (Phi) is 4.00. The highest BCUT2D eigenvalue weighted by Gasteiger charge is 2.35. The van der Waals surface area contributed by atoms with Crippen molar-refractivity contribution in [2.45, 2.75) is 70.8 Å². The third-order valence-corrected chi connectivity index (χ3v) is 4.71. The lowest BCUT2D eigenvalue weighted by molar-refractivity contribution is -0.136. The maximum atomic E-state index is 12.3. The monoisotopic (exact) mass is 253 g/mol. The molecule has 104 valence electrons. The number of likely N-dealkylation sites (tertiary alicyclic amines) is 1. The van der Waals surface area contributed by atoms with Gasteiger partial charge in [0, 0.05) is 13.1 Å². The molecule has 1 aliphatic carbocycles. The van der Waals surface area contributed by atoms with Crippen molar-refractivity contribution >= 4 is 5.91 Å². The molecule has 1 N–H and O–H groups in total. The second kappa shape index (κ2) is 5.20. The van der Waals surface area contributed by atoms with Crippen LogP contribution in [0.2, 0.25) is 0 Å². The molecule has 3 nitrogen and oxygen atoms in total. The van der Waals surface area contributed by atoms with E-state index in [1.807, 2.05) is 4.90 Å². The molecule has 2 fully saturated rings. The Bertz CT molecular complexity index is 306. The Morgan fingerprint density at radius 2 is 1.72 bits per heavy atom. The summed E-state index contributed by atoms with van der Waals surface area (Å²) in [5, 5.41) is 10.3. The van der Waals surface area contributed by atoms with E-state index in [0.717, 1.165) is 51.6 Å². The minimum Gasteiger partial charge on any atom is -0.389 e. The van der Waals surface area contributed by atoms with Crippen molar-refractivity contribution in [1.29, 1.82) is 0 Å². The largest absolute Gasteiger partial charge is 0.389 e. The van der Waals surface area contributed by atoms with Crippen molar-refractivity contribution in [2.24, 2.45) is 5.41 Å². The zero-order valence-corrected chi connectivity index (χ0v) is 11.9. The molecule has 18 heavy (non-hydrogen) atoms. The molecule has 0 radical (unpaired) electrons. The van der Waals surface area contributed by atoms with Crippen molar-refractivity contribution in [3.63, 3.8) is 0 Å². The minimum absolute atomic E-state index is 0.164. The summed E-state index contributed by atoms with van der Waals surface area (Å²) < 4.78 is 0. The van der Waals surface area contributed by atoms with E-state index in [-0.39, 0.29) is 5.91 Å². The number of hydrogen-bond acceptors (Lipinski definition) is 2. The molecule has 0 aromatic heterocycles. The van der Waals surface area contributed by atoms with Crippen LogP contribution in [0.15, 0.2) is 0 Å². The van der Waals surface area contributed by atoms with Crippen molar-refractivity contribution in [3.05, 3.63) is 0 Å². The quantitative estimate of drug-likeness (QED) is 0.822. The maximum absolute atomic E-state index is 12.3. The van der Waals surface area contributed by atoms with E-state index >= 15 is 0 Å². The van der Waals surface area contributed by atoms with Gasteiger partial charge in [-0.25, -0.2) is 0 Å². The molecule has 1 amide bonds. The van der Waals surface area contributed by atoms with Gasteiger partial charge in [-0.15, -0.1) is 0 Å². The van der Waals surface area contributed by atoms with E-state index in [9.17, 15) is 9.90 Å². The van der Waals surface area contributed by atoms with Crippen LogP contribution in [0, 0.1) is 5.41 Å². The van der Waals surface area contributed by atoms with Crippen LogP contribution >= 0.6 is 0 Å². The number of carbonyl (C=O) groups excluding carboxylic acids is 1. The molecule has 0 spiro atoms. The Morgan fingerprint density at radius 3 is 2.39 bits per heavy atom. The highest BCUT2D eigenvalue weighted by Crippen LogP contribution is 2.34.